The van der Waals surface area contributed by atoms with Gasteiger partial charge in [-0.15, -0.1) is 0 Å². The van der Waals surface area contributed by atoms with Crippen LogP contribution in [0.4, 0.5) is 0 Å². The summed E-state index contributed by atoms with van der Waals surface area (Å²) in [6, 6.07) is 0.0418. The van der Waals surface area contributed by atoms with Gasteiger partial charge in [0.2, 0.25) is 5.91 Å². The van der Waals surface area contributed by atoms with E-state index in [2.05, 4.69) is 17.6 Å². The molecular weight excluding hydrogens is 220 g/mol. The summed E-state index contributed by atoms with van der Waals surface area (Å²) in [4.78, 5) is 12.0. The number of nitrogens with one attached hydrogen (secondary N) is 2. The number of thioether (sulfide) groups is 1. The molecule has 2 rings (SSSR count). The minimum Gasteiger partial charge on any atom is -0.354 e. The molecule has 0 spiro atoms. The minimum absolute atomic E-state index is 0.0418. The summed E-state index contributed by atoms with van der Waals surface area (Å²) in [6.45, 7) is 4.01. The first-order valence-corrected chi connectivity index (χ1v) is 7.45. The molecule has 2 N–H and O–H groups in total. The molecule has 0 saturated carbocycles. The van der Waals surface area contributed by atoms with Crippen LogP contribution in [0.15, 0.2) is 0 Å². The van der Waals surface area contributed by atoms with E-state index in [9.17, 15) is 4.79 Å². The smallest absolute Gasteiger partial charge is 0.237 e. The van der Waals surface area contributed by atoms with Gasteiger partial charge in [-0.25, -0.2) is 0 Å². The van der Waals surface area contributed by atoms with E-state index in [1.54, 1.807) is 0 Å². The predicted octanol–water partition coefficient (Wildman–Crippen LogP) is 1.39. The van der Waals surface area contributed by atoms with Crippen LogP contribution in [0.5, 0.6) is 0 Å². The molecule has 92 valence electrons. The number of hydrogen-bond donors (Lipinski definition) is 2. The molecule has 0 aromatic heterocycles. The number of rotatable bonds is 3. The quantitative estimate of drug-likeness (QED) is 0.786. The van der Waals surface area contributed by atoms with Gasteiger partial charge >= 0.3 is 0 Å². The van der Waals surface area contributed by atoms with Crippen LogP contribution < -0.4 is 10.6 Å². The summed E-state index contributed by atoms with van der Waals surface area (Å²) in [5.74, 6) is 1.95. The van der Waals surface area contributed by atoms with Crippen molar-refractivity contribution in [3.63, 3.8) is 0 Å². The molecule has 0 aromatic carbocycles. The highest BCUT2D eigenvalue weighted by Crippen LogP contribution is 2.25. The Labute approximate surface area is 102 Å². The van der Waals surface area contributed by atoms with Gasteiger partial charge in [0.25, 0.3) is 0 Å². The topological polar surface area (TPSA) is 41.1 Å². The van der Waals surface area contributed by atoms with Crippen molar-refractivity contribution in [2.75, 3.05) is 18.8 Å². The molecule has 2 heterocycles. The van der Waals surface area contributed by atoms with Crippen molar-refractivity contribution in [2.24, 2.45) is 5.92 Å². The zero-order valence-corrected chi connectivity index (χ0v) is 10.8. The van der Waals surface area contributed by atoms with Gasteiger partial charge in [0.15, 0.2) is 0 Å². The van der Waals surface area contributed by atoms with Gasteiger partial charge < -0.3 is 10.6 Å². The van der Waals surface area contributed by atoms with Gasteiger partial charge in [0.1, 0.15) is 0 Å². The minimum atomic E-state index is 0.0418. The Morgan fingerprint density at radius 2 is 2.31 bits per heavy atom. The largest absolute Gasteiger partial charge is 0.354 e. The molecule has 0 radical (unpaired) electrons. The Hall–Kier alpha value is -0.220. The molecule has 3 nitrogen and oxygen atoms in total. The highest BCUT2D eigenvalue weighted by Gasteiger charge is 2.27. The second kappa shape index (κ2) is 5.92. The molecule has 3 atom stereocenters. The Kier molecular flexibility index (Phi) is 4.53. The molecule has 2 aliphatic rings. The molecule has 1 amide bonds. The van der Waals surface area contributed by atoms with Crippen molar-refractivity contribution < 1.29 is 4.79 Å². The molecule has 16 heavy (non-hydrogen) atoms. The van der Waals surface area contributed by atoms with E-state index >= 15 is 0 Å². The summed E-state index contributed by atoms with van der Waals surface area (Å²) in [7, 11) is 0. The second-order valence-corrected chi connectivity index (χ2v) is 6.34. The normalized spacial score (nSPS) is 34.9. The molecule has 0 aliphatic carbocycles. The fourth-order valence-corrected chi connectivity index (χ4v) is 3.73. The van der Waals surface area contributed by atoms with Gasteiger partial charge in [-0.05, 0) is 43.9 Å². The SMILES string of the molecule is CC1CCCNC1C(=O)NCC1CCCS1. The average Bonchev–Trinajstić information content (AvgIpc) is 2.79. The molecule has 2 saturated heterocycles. The lowest BCUT2D eigenvalue weighted by Crippen LogP contribution is -2.51. The van der Waals surface area contributed by atoms with Crippen LogP contribution in [0.2, 0.25) is 0 Å². The molecule has 4 heteroatoms. The number of piperidine rings is 1. The number of carbonyl (C=O) groups excluding carboxylic acids is 1. The van der Waals surface area contributed by atoms with Crippen LogP contribution in [-0.4, -0.2) is 36.0 Å². The molecular formula is C12H22N2OS. The van der Waals surface area contributed by atoms with Gasteiger partial charge in [-0.3, -0.25) is 4.79 Å². The van der Waals surface area contributed by atoms with Gasteiger partial charge in [-0.1, -0.05) is 6.92 Å². The van der Waals surface area contributed by atoms with Gasteiger partial charge in [0, 0.05) is 11.8 Å². The van der Waals surface area contributed by atoms with E-state index in [1.165, 1.54) is 31.4 Å². The van der Waals surface area contributed by atoms with Crippen molar-refractivity contribution in [1.29, 1.82) is 0 Å². The highest BCUT2D eigenvalue weighted by atomic mass is 32.2. The third-order valence-electron chi connectivity index (χ3n) is 3.58. The monoisotopic (exact) mass is 242 g/mol. The summed E-state index contributed by atoms with van der Waals surface area (Å²) in [6.07, 6.45) is 4.94. The number of amides is 1. The van der Waals surface area contributed by atoms with Crippen molar-refractivity contribution in [3.05, 3.63) is 0 Å². The lowest BCUT2D eigenvalue weighted by molar-refractivity contribution is -0.124. The Balaban J connectivity index is 1.73. The second-order valence-electron chi connectivity index (χ2n) is 4.93. The van der Waals surface area contributed by atoms with Gasteiger partial charge in [0.05, 0.1) is 6.04 Å². The van der Waals surface area contributed by atoms with Crippen LogP contribution in [0.3, 0.4) is 0 Å². The Morgan fingerprint density at radius 3 is 3.00 bits per heavy atom. The standard InChI is InChI=1S/C12H22N2OS/c1-9-4-2-6-13-11(9)12(15)14-8-10-5-3-7-16-10/h9-11,13H,2-8H2,1H3,(H,14,15). The lowest BCUT2D eigenvalue weighted by atomic mass is 9.92. The predicted molar refractivity (Wildman–Crippen MR) is 68.7 cm³/mol. The van der Waals surface area contributed by atoms with Gasteiger partial charge in [-0.2, -0.15) is 11.8 Å². The molecule has 0 aromatic rings. The average molecular weight is 242 g/mol. The van der Waals surface area contributed by atoms with E-state index in [0.29, 0.717) is 11.2 Å². The first-order valence-electron chi connectivity index (χ1n) is 6.40. The fraction of sp³-hybridized carbons (Fsp3) is 0.917. The Morgan fingerprint density at radius 1 is 1.44 bits per heavy atom. The van der Waals surface area contributed by atoms with Crippen LogP contribution in [0.1, 0.15) is 32.6 Å². The van der Waals surface area contributed by atoms with Crippen LogP contribution in [0.25, 0.3) is 0 Å². The molecule has 0 bridgehead atoms. The van der Waals surface area contributed by atoms with E-state index in [4.69, 9.17) is 0 Å². The zero-order chi connectivity index (χ0) is 11.4. The van der Waals surface area contributed by atoms with Crippen molar-refractivity contribution in [1.82, 2.24) is 10.6 Å². The maximum Gasteiger partial charge on any atom is 0.237 e. The van der Waals surface area contributed by atoms with E-state index in [-0.39, 0.29) is 11.9 Å². The summed E-state index contributed by atoms with van der Waals surface area (Å²) >= 11 is 2.00. The summed E-state index contributed by atoms with van der Waals surface area (Å²) in [5.41, 5.74) is 0. The van der Waals surface area contributed by atoms with Crippen LogP contribution in [0, 0.1) is 5.92 Å². The zero-order valence-electron chi connectivity index (χ0n) is 10.00. The number of hydrogen-bond acceptors (Lipinski definition) is 3. The first kappa shape index (κ1) is 12.2. The molecule has 3 unspecified atom stereocenters. The van der Waals surface area contributed by atoms with Crippen LogP contribution >= 0.6 is 11.8 Å². The third kappa shape index (κ3) is 3.14. The third-order valence-corrected chi connectivity index (χ3v) is 4.98. The number of carbonyl (C=O) groups is 1. The van der Waals surface area contributed by atoms with E-state index in [0.717, 1.165) is 13.1 Å². The molecule has 2 fully saturated rings. The maximum atomic E-state index is 12.0. The summed E-state index contributed by atoms with van der Waals surface area (Å²) < 4.78 is 0. The maximum absolute atomic E-state index is 12.0. The first-order chi connectivity index (χ1) is 7.77. The van der Waals surface area contributed by atoms with E-state index < -0.39 is 0 Å². The molecule has 2 aliphatic heterocycles. The lowest BCUT2D eigenvalue weighted by Gasteiger charge is -2.29. The van der Waals surface area contributed by atoms with Crippen molar-refractivity contribution in [3.8, 4) is 0 Å². The van der Waals surface area contributed by atoms with Crippen LogP contribution in [-0.2, 0) is 4.79 Å². The van der Waals surface area contributed by atoms with Crippen molar-refractivity contribution >= 4 is 17.7 Å². The Bertz CT molecular complexity index is 241. The highest BCUT2D eigenvalue weighted by molar-refractivity contribution is 8.00. The summed E-state index contributed by atoms with van der Waals surface area (Å²) in [5, 5.41) is 7.08. The fourth-order valence-electron chi connectivity index (χ4n) is 2.53. The van der Waals surface area contributed by atoms with E-state index in [1.807, 2.05) is 11.8 Å². The van der Waals surface area contributed by atoms with Crippen molar-refractivity contribution in [2.45, 2.75) is 43.9 Å².